The van der Waals surface area contributed by atoms with Gasteiger partial charge in [-0.2, -0.15) is 0 Å². The van der Waals surface area contributed by atoms with Crippen molar-refractivity contribution in [3.8, 4) is 5.75 Å². The molecule has 3 nitrogen and oxygen atoms in total. The fourth-order valence-electron chi connectivity index (χ4n) is 1.62. The lowest BCUT2D eigenvalue weighted by atomic mass is 10.2. The molecule has 106 valence electrons. The molecule has 0 radical (unpaired) electrons. The van der Waals surface area contributed by atoms with Crippen molar-refractivity contribution in [2.45, 2.75) is 6.36 Å². The van der Waals surface area contributed by atoms with Gasteiger partial charge in [-0.25, -0.2) is 4.39 Å². The van der Waals surface area contributed by atoms with E-state index in [9.17, 15) is 17.6 Å². The third-order valence-corrected chi connectivity index (χ3v) is 2.31. The zero-order valence-electron chi connectivity index (χ0n) is 10.0. The molecule has 0 spiro atoms. The Labute approximate surface area is 112 Å². The van der Waals surface area contributed by atoms with Gasteiger partial charge in [0.25, 0.3) is 0 Å². The minimum absolute atomic E-state index is 0.0508. The highest BCUT2D eigenvalue weighted by Crippen LogP contribution is 2.32. The molecule has 0 bridgehead atoms. The Morgan fingerprint density at radius 1 is 1.05 bits per heavy atom. The van der Waals surface area contributed by atoms with E-state index in [2.05, 4.69) is 10.1 Å². The molecule has 20 heavy (non-hydrogen) atoms. The van der Waals surface area contributed by atoms with Crippen LogP contribution in [0.5, 0.6) is 5.75 Å². The summed E-state index contributed by atoms with van der Waals surface area (Å²) < 4.78 is 53.8. The second-order valence-electron chi connectivity index (χ2n) is 3.94. The quantitative estimate of drug-likeness (QED) is 0.661. The Hall–Kier alpha value is -2.44. The number of rotatable bonds is 3. The van der Waals surface area contributed by atoms with Gasteiger partial charge in [0.2, 0.25) is 0 Å². The first-order chi connectivity index (χ1) is 9.33. The second kappa shape index (κ2) is 5.28. The highest BCUT2D eigenvalue weighted by molar-refractivity contribution is 5.68. The van der Waals surface area contributed by atoms with Crippen LogP contribution in [0.1, 0.15) is 0 Å². The van der Waals surface area contributed by atoms with Crippen LogP contribution >= 0.6 is 0 Å². The van der Waals surface area contributed by atoms with E-state index in [0.717, 1.165) is 18.2 Å². The monoisotopic (exact) mass is 286 g/mol. The lowest BCUT2D eigenvalue weighted by Crippen LogP contribution is -2.17. The molecule has 2 aromatic carbocycles. The van der Waals surface area contributed by atoms with Crippen molar-refractivity contribution in [1.82, 2.24) is 0 Å². The maximum absolute atomic E-state index is 13.2. The smallest absolute Gasteiger partial charge is 0.404 e. The lowest BCUT2D eigenvalue weighted by Gasteiger charge is -2.14. The fourth-order valence-corrected chi connectivity index (χ4v) is 1.62. The topological polar surface area (TPSA) is 47.3 Å². The van der Waals surface area contributed by atoms with Crippen LogP contribution in [0.25, 0.3) is 0 Å². The first-order valence-corrected chi connectivity index (χ1v) is 5.51. The second-order valence-corrected chi connectivity index (χ2v) is 3.94. The van der Waals surface area contributed by atoms with E-state index in [1.807, 2.05) is 0 Å². The zero-order chi connectivity index (χ0) is 14.8. The van der Waals surface area contributed by atoms with Crippen molar-refractivity contribution in [2.75, 3.05) is 11.1 Å². The summed E-state index contributed by atoms with van der Waals surface area (Å²) in [4.78, 5) is 0. The van der Waals surface area contributed by atoms with Crippen molar-refractivity contribution in [3.05, 3.63) is 48.3 Å². The number of hydrogen-bond acceptors (Lipinski definition) is 3. The average Bonchev–Trinajstić information content (AvgIpc) is 2.28. The number of halogens is 4. The SMILES string of the molecule is Nc1cc(F)cc(Nc2ccccc2OC(F)(F)F)c1. The predicted octanol–water partition coefficient (Wildman–Crippen LogP) is 4.05. The molecule has 7 heteroatoms. The minimum Gasteiger partial charge on any atom is -0.404 e. The molecule has 0 aromatic heterocycles. The molecular weight excluding hydrogens is 276 g/mol. The summed E-state index contributed by atoms with van der Waals surface area (Å²) in [6.45, 7) is 0. The van der Waals surface area contributed by atoms with E-state index < -0.39 is 17.9 Å². The number of benzene rings is 2. The summed E-state index contributed by atoms with van der Waals surface area (Å²) in [5, 5.41) is 2.63. The van der Waals surface area contributed by atoms with Crippen molar-refractivity contribution in [1.29, 1.82) is 0 Å². The number of para-hydroxylation sites is 2. The van der Waals surface area contributed by atoms with Crippen LogP contribution < -0.4 is 15.8 Å². The highest BCUT2D eigenvalue weighted by atomic mass is 19.4. The summed E-state index contributed by atoms with van der Waals surface area (Å²) in [5.74, 6) is -1.01. The van der Waals surface area contributed by atoms with Crippen LogP contribution in [0.4, 0.5) is 34.6 Å². The zero-order valence-corrected chi connectivity index (χ0v) is 10.0. The van der Waals surface area contributed by atoms with Gasteiger partial charge in [0, 0.05) is 11.4 Å². The van der Waals surface area contributed by atoms with Crippen LogP contribution in [-0.4, -0.2) is 6.36 Å². The fraction of sp³-hybridized carbons (Fsp3) is 0.0769. The maximum atomic E-state index is 13.2. The number of nitrogens with two attached hydrogens (primary N) is 1. The van der Waals surface area contributed by atoms with Crippen molar-refractivity contribution in [3.63, 3.8) is 0 Å². The van der Waals surface area contributed by atoms with Crippen molar-refractivity contribution < 1.29 is 22.3 Å². The molecule has 2 aromatic rings. The van der Waals surface area contributed by atoms with E-state index in [0.29, 0.717) is 0 Å². The van der Waals surface area contributed by atoms with E-state index in [-0.39, 0.29) is 17.1 Å². The molecule has 0 aliphatic rings. The van der Waals surface area contributed by atoms with Gasteiger partial charge >= 0.3 is 6.36 Å². The van der Waals surface area contributed by atoms with Gasteiger partial charge in [-0.15, -0.1) is 13.2 Å². The van der Waals surface area contributed by atoms with Gasteiger partial charge < -0.3 is 15.8 Å². The Morgan fingerprint density at radius 3 is 2.40 bits per heavy atom. The summed E-state index contributed by atoms with van der Waals surface area (Å²) >= 11 is 0. The lowest BCUT2D eigenvalue weighted by molar-refractivity contribution is -0.274. The third-order valence-electron chi connectivity index (χ3n) is 2.31. The average molecular weight is 286 g/mol. The van der Waals surface area contributed by atoms with Crippen LogP contribution in [0.3, 0.4) is 0 Å². The van der Waals surface area contributed by atoms with Crippen LogP contribution in [0, 0.1) is 5.82 Å². The number of ether oxygens (including phenoxy) is 1. The summed E-state index contributed by atoms with van der Waals surface area (Å²) in [7, 11) is 0. The Bertz CT molecular complexity index is 593. The molecule has 0 atom stereocenters. The maximum Gasteiger partial charge on any atom is 0.573 e. The molecular formula is C13H10F4N2O. The van der Waals surface area contributed by atoms with Gasteiger partial charge in [0.05, 0.1) is 5.69 Å². The van der Waals surface area contributed by atoms with E-state index in [4.69, 9.17) is 5.73 Å². The molecule has 0 saturated carbocycles. The Morgan fingerprint density at radius 2 is 1.75 bits per heavy atom. The van der Waals surface area contributed by atoms with Gasteiger partial charge in [0.1, 0.15) is 5.82 Å². The standard InChI is InChI=1S/C13H10F4N2O/c14-8-5-9(18)7-10(6-8)19-11-3-1-2-4-12(11)20-13(15,16)17/h1-7,19H,18H2. The van der Waals surface area contributed by atoms with E-state index in [1.165, 1.54) is 24.3 Å². The van der Waals surface area contributed by atoms with Crippen LogP contribution in [0.2, 0.25) is 0 Å². The number of nitrogen functional groups attached to an aromatic ring is 1. The molecule has 0 amide bonds. The van der Waals surface area contributed by atoms with Gasteiger partial charge in [-0.3, -0.25) is 0 Å². The van der Waals surface area contributed by atoms with Gasteiger partial charge in [-0.1, -0.05) is 12.1 Å². The first-order valence-electron chi connectivity index (χ1n) is 5.51. The largest absolute Gasteiger partial charge is 0.573 e. The Kier molecular flexibility index (Phi) is 3.69. The number of anilines is 3. The van der Waals surface area contributed by atoms with Crippen molar-refractivity contribution >= 4 is 17.1 Å². The predicted molar refractivity (Wildman–Crippen MR) is 67.2 cm³/mol. The summed E-state index contributed by atoms with van der Waals surface area (Å²) in [5.41, 5.74) is 5.89. The third kappa shape index (κ3) is 3.78. The highest BCUT2D eigenvalue weighted by Gasteiger charge is 2.32. The molecule has 0 heterocycles. The normalized spacial score (nSPS) is 11.2. The summed E-state index contributed by atoms with van der Waals surface area (Å²) in [6.07, 6.45) is -4.81. The van der Waals surface area contributed by atoms with Gasteiger partial charge in [0.15, 0.2) is 5.75 Å². The number of hydrogen-bond donors (Lipinski definition) is 2. The van der Waals surface area contributed by atoms with Gasteiger partial charge in [-0.05, 0) is 30.3 Å². The Balaban J connectivity index is 2.29. The molecule has 2 rings (SSSR count). The molecule has 0 saturated heterocycles. The summed E-state index contributed by atoms with van der Waals surface area (Å²) in [6, 6.07) is 9.05. The molecule has 0 unspecified atom stereocenters. The number of nitrogens with one attached hydrogen (secondary N) is 1. The van der Waals surface area contributed by atoms with E-state index in [1.54, 1.807) is 0 Å². The number of alkyl halides is 3. The minimum atomic E-state index is -4.81. The first kappa shape index (κ1) is 14.0. The molecule has 0 aliphatic heterocycles. The van der Waals surface area contributed by atoms with Crippen molar-refractivity contribution in [2.24, 2.45) is 0 Å². The van der Waals surface area contributed by atoms with Crippen LogP contribution in [-0.2, 0) is 0 Å². The van der Waals surface area contributed by atoms with Crippen LogP contribution in [0.15, 0.2) is 42.5 Å². The molecule has 0 aliphatic carbocycles. The molecule has 3 N–H and O–H groups in total. The van der Waals surface area contributed by atoms with E-state index >= 15 is 0 Å². The molecule has 0 fully saturated rings.